The highest BCUT2D eigenvalue weighted by atomic mass is 19.1. The first kappa shape index (κ1) is 36.5. The lowest BCUT2D eigenvalue weighted by molar-refractivity contribution is 0.195. The van der Waals surface area contributed by atoms with Crippen molar-refractivity contribution in [1.29, 1.82) is 0 Å². The van der Waals surface area contributed by atoms with Crippen molar-refractivity contribution in [3.05, 3.63) is 144 Å². The zero-order chi connectivity index (χ0) is 40.8. The van der Waals surface area contributed by atoms with E-state index >= 15 is 4.39 Å². The number of fused-ring (bicyclic) bond motifs is 9. The number of rotatable bonds is 3. The van der Waals surface area contributed by atoms with Gasteiger partial charge in [0.15, 0.2) is 0 Å². The standard InChI is InChI=1S/C54H52BFN2O/c1-51(2,3)36-22-24-43(40(29-36)34-19-13-10-14-20-34)57-44-27-35(33-17-11-9-12-18-33)28-45-47(44)55(50-48(57)39-23-21-37(52(4,5)6)30-46(39)59-50)42-32-38(56)31-41-49(42)58(45)54(8)26-16-15-25-53(41,54)7/h9-14,17-24,27-32H,15-16,25-26H2,1-8H3. The van der Waals surface area contributed by atoms with Gasteiger partial charge in [0.25, 0.3) is 6.71 Å². The average Bonchev–Trinajstić information content (AvgIpc) is 3.69. The Bertz CT molecular complexity index is 2870. The molecule has 0 N–H and O–H groups in total. The Morgan fingerprint density at radius 1 is 0.627 bits per heavy atom. The fraction of sp³-hybridized carbons (Fsp3) is 0.296. The summed E-state index contributed by atoms with van der Waals surface area (Å²) in [5.74, 6) is -0.167. The molecule has 7 aromatic rings. The quantitative estimate of drug-likeness (QED) is 0.167. The van der Waals surface area contributed by atoms with Gasteiger partial charge in [0, 0.05) is 33.4 Å². The number of nitrogens with zero attached hydrogens (tertiary/aromatic N) is 2. The summed E-state index contributed by atoms with van der Waals surface area (Å²) in [7, 11) is 0. The number of anilines is 5. The Morgan fingerprint density at radius 2 is 1.27 bits per heavy atom. The van der Waals surface area contributed by atoms with Crippen LogP contribution in [0.15, 0.2) is 126 Å². The Kier molecular flexibility index (Phi) is 7.59. The SMILES string of the molecule is CC(C)(C)c1ccc(N2c3cc(-c4ccccc4)cc4c3B(c3cc(F)cc5c3N4C3(C)CCCCC53C)c3oc4cc(C(C)(C)C)ccc4c32)c(-c2ccccc2)c1. The van der Waals surface area contributed by atoms with Crippen molar-refractivity contribution < 1.29 is 8.81 Å². The highest BCUT2D eigenvalue weighted by molar-refractivity contribution is 7.00. The maximum Gasteiger partial charge on any atom is 0.297 e. The van der Waals surface area contributed by atoms with Crippen LogP contribution in [0.3, 0.4) is 0 Å². The lowest BCUT2D eigenvalue weighted by Gasteiger charge is -2.52. The normalized spacial score (nSPS) is 20.4. The van der Waals surface area contributed by atoms with Crippen molar-refractivity contribution in [2.75, 3.05) is 9.80 Å². The lowest BCUT2D eigenvalue weighted by Crippen LogP contribution is -2.64. The van der Waals surface area contributed by atoms with Crippen LogP contribution < -0.4 is 26.4 Å². The topological polar surface area (TPSA) is 19.6 Å². The van der Waals surface area contributed by atoms with Crippen LogP contribution in [0.2, 0.25) is 0 Å². The summed E-state index contributed by atoms with van der Waals surface area (Å²) < 4.78 is 23.9. The molecule has 1 aromatic heterocycles. The van der Waals surface area contributed by atoms with E-state index < -0.39 is 0 Å². The molecule has 59 heavy (non-hydrogen) atoms. The molecule has 0 radical (unpaired) electrons. The molecule has 4 aliphatic rings. The summed E-state index contributed by atoms with van der Waals surface area (Å²) in [6.45, 7) is 18.2. The number of halogens is 1. The van der Waals surface area contributed by atoms with Crippen molar-refractivity contribution in [2.45, 2.75) is 103 Å². The maximum atomic E-state index is 16.5. The molecule has 2 atom stereocenters. The Morgan fingerprint density at radius 3 is 1.98 bits per heavy atom. The fourth-order valence-corrected chi connectivity index (χ4v) is 11.3. The van der Waals surface area contributed by atoms with Gasteiger partial charge in [0.2, 0.25) is 0 Å². The second-order valence-corrected chi connectivity index (χ2v) is 20.2. The largest absolute Gasteiger partial charge is 0.468 e. The van der Waals surface area contributed by atoms with Crippen molar-refractivity contribution in [1.82, 2.24) is 0 Å². The predicted octanol–water partition coefficient (Wildman–Crippen LogP) is 12.9. The molecule has 294 valence electrons. The van der Waals surface area contributed by atoms with Crippen molar-refractivity contribution >= 4 is 62.7 Å². The zero-order valence-corrected chi connectivity index (χ0v) is 35.6. The van der Waals surface area contributed by atoms with Gasteiger partial charge < -0.3 is 14.2 Å². The summed E-state index contributed by atoms with van der Waals surface area (Å²) in [6, 6.07) is 44.0. The Labute approximate surface area is 349 Å². The van der Waals surface area contributed by atoms with E-state index in [4.69, 9.17) is 4.42 Å². The van der Waals surface area contributed by atoms with E-state index in [2.05, 4.69) is 174 Å². The first-order valence-electron chi connectivity index (χ1n) is 21.6. The molecule has 0 bridgehead atoms. The third-order valence-electron chi connectivity index (χ3n) is 14.7. The first-order valence-corrected chi connectivity index (χ1v) is 21.6. The molecule has 1 fully saturated rings. The van der Waals surface area contributed by atoms with Crippen LogP contribution in [0.25, 0.3) is 33.2 Å². The maximum absolute atomic E-state index is 16.5. The summed E-state index contributed by atoms with van der Waals surface area (Å²) >= 11 is 0. The molecule has 0 amide bonds. The van der Waals surface area contributed by atoms with Gasteiger partial charge in [-0.2, -0.15) is 0 Å². The third kappa shape index (κ3) is 5.06. The zero-order valence-electron chi connectivity index (χ0n) is 35.6. The number of furan rings is 1. The van der Waals surface area contributed by atoms with Gasteiger partial charge in [-0.3, -0.25) is 0 Å². The molecule has 1 saturated carbocycles. The molecular formula is C54H52BFN2O. The van der Waals surface area contributed by atoms with Crippen LogP contribution >= 0.6 is 0 Å². The molecule has 0 saturated heterocycles. The van der Waals surface area contributed by atoms with Crippen LogP contribution in [-0.4, -0.2) is 12.3 Å². The highest BCUT2D eigenvalue weighted by Crippen LogP contribution is 2.62. The van der Waals surface area contributed by atoms with Crippen LogP contribution in [0.4, 0.5) is 32.8 Å². The van der Waals surface area contributed by atoms with E-state index in [1.165, 1.54) is 44.7 Å². The third-order valence-corrected chi connectivity index (χ3v) is 14.7. The van der Waals surface area contributed by atoms with Crippen LogP contribution in [0.1, 0.15) is 97.8 Å². The molecule has 5 heteroatoms. The molecule has 0 spiro atoms. The minimum Gasteiger partial charge on any atom is -0.468 e. The van der Waals surface area contributed by atoms with Crippen LogP contribution in [0, 0.1) is 5.82 Å². The molecule has 4 heterocycles. The number of hydrogen-bond donors (Lipinski definition) is 0. The molecule has 11 rings (SSSR count). The molecule has 6 aromatic carbocycles. The second kappa shape index (κ2) is 12.3. The monoisotopic (exact) mass is 774 g/mol. The van der Waals surface area contributed by atoms with Gasteiger partial charge in [0.1, 0.15) is 11.4 Å². The number of benzene rings is 6. The minimum absolute atomic E-state index is 0.0539. The van der Waals surface area contributed by atoms with E-state index in [9.17, 15) is 0 Å². The first-order chi connectivity index (χ1) is 28.2. The van der Waals surface area contributed by atoms with E-state index in [1.807, 2.05) is 12.1 Å². The smallest absolute Gasteiger partial charge is 0.297 e. The van der Waals surface area contributed by atoms with Crippen molar-refractivity contribution in [3.63, 3.8) is 0 Å². The molecule has 3 nitrogen and oxygen atoms in total. The Balaban J connectivity index is 1.31. The van der Waals surface area contributed by atoms with Gasteiger partial charge >= 0.3 is 0 Å². The van der Waals surface area contributed by atoms with Gasteiger partial charge in [-0.25, -0.2) is 4.39 Å². The summed E-state index contributed by atoms with van der Waals surface area (Å²) in [5.41, 5.74) is 17.3. The molecular weight excluding hydrogens is 722 g/mol. The second-order valence-electron chi connectivity index (χ2n) is 20.2. The summed E-state index contributed by atoms with van der Waals surface area (Å²) in [4.78, 5) is 5.18. The molecule has 2 unspecified atom stereocenters. The predicted molar refractivity (Wildman–Crippen MR) is 247 cm³/mol. The summed E-state index contributed by atoms with van der Waals surface area (Å²) in [5, 5.41) is 1.06. The molecule has 3 aliphatic heterocycles. The highest BCUT2D eigenvalue weighted by Gasteiger charge is 2.62. The van der Waals surface area contributed by atoms with E-state index in [0.717, 1.165) is 76.0 Å². The fourth-order valence-electron chi connectivity index (χ4n) is 11.3. The van der Waals surface area contributed by atoms with Gasteiger partial charge in [-0.05, 0) is 123 Å². The van der Waals surface area contributed by atoms with Gasteiger partial charge in [-0.15, -0.1) is 0 Å². The average molecular weight is 775 g/mol. The van der Waals surface area contributed by atoms with Gasteiger partial charge in [-0.1, -0.05) is 134 Å². The van der Waals surface area contributed by atoms with E-state index in [1.54, 1.807) is 0 Å². The lowest BCUT2D eigenvalue weighted by atomic mass is 9.35. The summed E-state index contributed by atoms with van der Waals surface area (Å²) in [6.07, 6.45) is 4.35. The van der Waals surface area contributed by atoms with Crippen molar-refractivity contribution in [2.24, 2.45) is 0 Å². The molecule has 1 aliphatic carbocycles. The van der Waals surface area contributed by atoms with Crippen LogP contribution in [0.5, 0.6) is 0 Å². The van der Waals surface area contributed by atoms with Gasteiger partial charge in [0.05, 0.1) is 22.6 Å². The minimum atomic E-state index is -0.302. The number of hydrogen-bond acceptors (Lipinski definition) is 3. The van der Waals surface area contributed by atoms with Crippen LogP contribution in [-0.2, 0) is 16.2 Å². The van der Waals surface area contributed by atoms with E-state index in [-0.39, 0.29) is 34.3 Å². The Hall–Kier alpha value is -5.55. The van der Waals surface area contributed by atoms with E-state index in [0.29, 0.717) is 0 Å². The van der Waals surface area contributed by atoms with Crippen molar-refractivity contribution in [3.8, 4) is 22.3 Å².